The maximum absolute atomic E-state index is 13.1. The van der Waals surface area contributed by atoms with Crippen molar-refractivity contribution in [2.45, 2.75) is 19.0 Å². The van der Waals surface area contributed by atoms with Crippen molar-refractivity contribution >= 4 is 17.5 Å². The fourth-order valence-electron chi connectivity index (χ4n) is 4.76. The molecule has 3 aliphatic heterocycles. The molecule has 2 amide bonds. The summed E-state index contributed by atoms with van der Waals surface area (Å²) in [4.78, 5) is 29.8. The summed E-state index contributed by atoms with van der Waals surface area (Å²) in [5.74, 6) is 2.01. The minimum atomic E-state index is -0.300. The van der Waals surface area contributed by atoms with E-state index in [1.165, 1.54) is 20.3 Å². The van der Waals surface area contributed by atoms with Crippen LogP contribution in [0.15, 0.2) is 42.5 Å². The van der Waals surface area contributed by atoms with E-state index in [2.05, 4.69) is 12.1 Å². The van der Waals surface area contributed by atoms with E-state index in [-0.39, 0.29) is 31.1 Å². The number of rotatable bonds is 5. The molecule has 8 nitrogen and oxygen atoms in total. The van der Waals surface area contributed by atoms with Crippen molar-refractivity contribution in [3.8, 4) is 17.2 Å². The van der Waals surface area contributed by atoms with Gasteiger partial charge in [-0.15, -0.1) is 0 Å². The van der Waals surface area contributed by atoms with Gasteiger partial charge in [0.05, 0.1) is 19.2 Å². The number of nitrogens with one attached hydrogen (secondary N) is 2. The molecule has 2 fully saturated rings. The van der Waals surface area contributed by atoms with E-state index in [0.717, 1.165) is 44.2 Å². The average molecular weight is 425 g/mol. The molecule has 2 aromatic carbocycles. The van der Waals surface area contributed by atoms with Crippen molar-refractivity contribution in [3.63, 3.8) is 0 Å². The Bertz CT molecular complexity index is 1000. The fourth-order valence-corrected chi connectivity index (χ4v) is 4.76. The number of carbonyl (C=O) groups excluding carboxylic acids is 2. The molecule has 2 aromatic rings. The number of carbonyl (C=O) groups is 2. The zero-order valence-electron chi connectivity index (χ0n) is 17.6. The Morgan fingerprint density at radius 3 is 2.65 bits per heavy atom. The van der Waals surface area contributed by atoms with Crippen LogP contribution in [0.4, 0.5) is 5.69 Å². The number of nitrogens with zero attached hydrogens (tertiary/aromatic N) is 1. The number of ether oxygens (including phenoxy) is 3. The van der Waals surface area contributed by atoms with Gasteiger partial charge < -0.3 is 24.0 Å². The number of benzene rings is 2. The average Bonchev–Trinajstić information content (AvgIpc) is 3.37. The van der Waals surface area contributed by atoms with Crippen molar-refractivity contribution in [3.05, 3.63) is 48.0 Å². The van der Waals surface area contributed by atoms with Crippen LogP contribution in [0.1, 0.15) is 12.0 Å². The van der Waals surface area contributed by atoms with E-state index >= 15 is 0 Å². The first-order valence-corrected chi connectivity index (χ1v) is 10.7. The van der Waals surface area contributed by atoms with Crippen LogP contribution in [0.25, 0.3) is 0 Å². The molecule has 31 heavy (non-hydrogen) atoms. The van der Waals surface area contributed by atoms with Gasteiger partial charge in [-0.1, -0.05) is 6.07 Å². The third-order valence-electron chi connectivity index (χ3n) is 6.44. The number of hydrogen-bond acceptors (Lipinski definition) is 5. The maximum Gasteiger partial charge on any atom is 0.292 e. The molecular weight excluding hydrogens is 398 g/mol. The molecule has 5 rings (SSSR count). The lowest BCUT2D eigenvalue weighted by atomic mass is 10.1. The quantitative estimate of drug-likeness (QED) is 0.604. The lowest BCUT2D eigenvalue weighted by Gasteiger charge is -2.32. The summed E-state index contributed by atoms with van der Waals surface area (Å²) in [6.07, 6.45) is 0.267. The minimum absolute atomic E-state index is 0.104. The monoisotopic (exact) mass is 425 g/mol. The molecule has 0 aromatic heterocycles. The summed E-state index contributed by atoms with van der Waals surface area (Å²) in [7, 11) is 1.57. The predicted molar refractivity (Wildman–Crippen MR) is 112 cm³/mol. The number of quaternary nitrogens is 2. The van der Waals surface area contributed by atoms with Crippen LogP contribution in [-0.4, -0.2) is 57.9 Å². The largest absolute Gasteiger partial charge is 0.497 e. The molecule has 2 saturated heterocycles. The number of piperazine rings is 1. The number of amides is 2. The Morgan fingerprint density at radius 1 is 1.03 bits per heavy atom. The molecule has 3 aliphatic rings. The lowest BCUT2D eigenvalue weighted by Crippen LogP contribution is -3.29. The second kappa shape index (κ2) is 8.20. The highest BCUT2D eigenvalue weighted by Crippen LogP contribution is 2.32. The third kappa shape index (κ3) is 3.84. The molecule has 0 aliphatic carbocycles. The molecule has 2 N–H and O–H groups in total. The highest BCUT2D eigenvalue weighted by Gasteiger charge is 2.47. The molecule has 3 heterocycles. The first kappa shape index (κ1) is 19.8. The van der Waals surface area contributed by atoms with Crippen LogP contribution in [-0.2, 0) is 16.1 Å². The Hall–Kier alpha value is -3.10. The zero-order chi connectivity index (χ0) is 21.4. The van der Waals surface area contributed by atoms with Crippen molar-refractivity contribution in [1.82, 2.24) is 0 Å². The summed E-state index contributed by atoms with van der Waals surface area (Å²) in [6.45, 7) is 4.86. The summed E-state index contributed by atoms with van der Waals surface area (Å²) >= 11 is 0. The first-order valence-electron chi connectivity index (χ1n) is 10.7. The van der Waals surface area contributed by atoms with Crippen LogP contribution in [0.2, 0.25) is 0 Å². The summed E-state index contributed by atoms with van der Waals surface area (Å²) in [6, 6.07) is 12.9. The molecule has 8 heteroatoms. The van der Waals surface area contributed by atoms with Gasteiger partial charge in [0.1, 0.15) is 38.5 Å². The number of fused-ring (bicyclic) bond motifs is 1. The third-order valence-corrected chi connectivity index (χ3v) is 6.44. The fraction of sp³-hybridized carbons (Fsp3) is 0.391. The van der Waals surface area contributed by atoms with Gasteiger partial charge in [-0.05, 0) is 30.3 Å². The van der Waals surface area contributed by atoms with E-state index in [1.54, 1.807) is 31.4 Å². The molecule has 0 unspecified atom stereocenters. The molecule has 1 atom stereocenters. The normalized spacial score (nSPS) is 25.2. The number of hydrogen-bond donors (Lipinski definition) is 2. The van der Waals surface area contributed by atoms with E-state index in [1.807, 2.05) is 6.07 Å². The number of methoxy groups -OCH3 is 1. The van der Waals surface area contributed by atoms with E-state index in [0.29, 0.717) is 11.4 Å². The maximum atomic E-state index is 13.1. The van der Waals surface area contributed by atoms with Gasteiger partial charge in [0.15, 0.2) is 17.5 Å². The van der Waals surface area contributed by atoms with Gasteiger partial charge in [0.25, 0.3) is 5.91 Å². The van der Waals surface area contributed by atoms with E-state index in [4.69, 9.17) is 14.2 Å². The molecule has 0 bridgehead atoms. The molecule has 162 valence electrons. The van der Waals surface area contributed by atoms with Gasteiger partial charge >= 0.3 is 0 Å². The summed E-state index contributed by atoms with van der Waals surface area (Å²) < 4.78 is 16.1. The second-order valence-electron chi connectivity index (χ2n) is 8.30. The Labute approximate surface area is 180 Å². The minimum Gasteiger partial charge on any atom is -0.497 e. The van der Waals surface area contributed by atoms with Crippen LogP contribution >= 0.6 is 0 Å². The zero-order valence-corrected chi connectivity index (χ0v) is 17.6. The van der Waals surface area contributed by atoms with Crippen LogP contribution < -0.4 is 28.9 Å². The van der Waals surface area contributed by atoms with Crippen molar-refractivity contribution < 1.29 is 33.6 Å². The Morgan fingerprint density at radius 2 is 1.84 bits per heavy atom. The van der Waals surface area contributed by atoms with Gasteiger partial charge in [0, 0.05) is 11.6 Å². The smallest absolute Gasteiger partial charge is 0.292 e. The second-order valence-corrected chi connectivity index (χ2v) is 8.30. The van der Waals surface area contributed by atoms with Gasteiger partial charge in [0.2, 0.25) is 12.7 Å². The Balaban J connectivity index is 1.20. The highest BCUT2D eigenvalue weighted by molar-refractivity contribution is 6.21. The first-order chi connectivity index (χ1) is 15.1. The molecular formula is C23H27N3O5+2. The summed E-state index contributed by atoms with van der Waals surface area (Å²) in [5.41, 5.74) is 1.81. The number of imide groups is 1. The van der Waals surface area contributed by atoms with Gasteiger partial charge in [-0.2, -0.15) is 0 Å². The highest BCUT2D eigenvalue weighted by atomic mass is 16.7. The Kier molecular flexibility index (Phi) is 5.25. The van der Waals surface area contributed by atoms with Crippen molar-refractivity contribution in [2.75, 3.05) is 45.0 Å². The van der Waals surface area contributed by atoms with Gasteiger partial charge in [-0.3, -0.25) is 9.59 Å². The predicted octanol–water partition coefficient (Wildman–Crippen LogP) is -0.961. The van der Waals surface area contributed by atoms with E-state index < -0.39 is 0 Å². The van der Waals surface area contributed by atoms with Crippen LogP contribution in [0, 0.1) is 0 Å². The van der Waals surface area contributed by atoms with Crippen molar-refractivity contribution in [2.24, 2.45) is 0 Å². The molecule has 0 radical (unpaired) electrons. The SMILES string of the molecule is COc1cccc(N2C(=O)C[C@@H]([NH+]3CC[NH+](Cc4ccc5c(c4)OCO5)CC3)C2=O)c1. The number of anilines is 1. The summed E-state index contributed by atoms with van der Waals surface area (Å²) in [5, 5.41) is 0. The standard InChI is InChI=1S/C23H25N3O5/c1-29-18-4-2-3-17(12-18)26-22(27)13-19(23(26)28)25-9-7-24(8-10-25)14-16-5-6-20-21(11-16)31-15-30-20/h2-6,11-12,19H,7-10,13-15H2,1H3/p+2/t19-/m1/s1. The lowest BCUT2D eigenvalue weighted by molar-refractivity contribution is -1.02. The van der Waals surface area contributed by atoms with E-state index in [9.17, 15) is 9.59 Å². The van der Waals surface area contributed by atoms with Crippen LogP contribution in [0.5, 0.6) is 17.2 Å². The van der Waals surface area contributed by atoms with Crippen LogP contribution in [0.3, 0.4) is 0 Å². The molecule has 0 saturated carbocycles. The molecule has 0 spiro atoms. The topological polar surface area (TPSA) is 73.9 Å². The van der Waals surface area contributed by atoms with Gasteiger partial charge in [-0.25, -0.2) is 4.90 Å². The van der Waals surface area contributed by atoms with Crippen molar-refractivity contribution in [1.29, 1.82) is 0 Å².